The van der Waals surface area contributed by atoms with Crippen LogP contribution < -0.4 is 11.5 Å². The van der Waals surface area contributed by atoms with Crippen molar-refractivity contribution in [2.45, 2.75) is 12.5 Å². The van der Waals surface area contributed by atoms with Crippen LogP contribution in [0.5, 0.6) is 0 Å². The number of alkyl halides is 2. The molecule has 0 bridgehead atoms. The lowest BCUT2D eigenvalue weighted by Crippen LogP contribution is -2.20. The van der Waals surface area contributed by atoms with E-state index in [0.717, 1.165) is 12.1 Å². The molecule has 0 radical (unpaired) electrons. The van der Waals surface area contributed by atoms with E-state index in [9.17, 15) is 13.2 Å². The van der Waals surface area contributed by atoms with Crippen LogP contribution in [0.3, 0.4) is 0 Å². The monoisotopic (exact) mass is 204 g/mol. The molecule has 0 aliphatic heterocycles. The molecule has 0 saturated heterocycles. The Morgan fingerprint density at radius 2 is 1.93 bits per heavy atom. The van der Waals surface area contributed by atoms with Crippen LogP contribution in [0.1, 0.15) is 23.6 Å². The summed E-state index contributed by atoms with van der Waals surface area (Å²) in [5.41, 5.74) is 10.6. The number of halogens is 3. The Morgan fingerprint density at radius 3 is 2.43 bits per heavy atom. The molecule has 2 nitrogen and oxygen atoms in total. The Hall–Kier alpha value is -1.07. The van der Waals surface area contributed by atoms with Crippen molar-refractivity contribution in [3.63, 3.8) is 0 Å². The van der Waals surface area contributed by atoms with Crippen molar-refractivity contribution in [2.24, 2.45) is 11.5 Å². The zero-order valence-electron chi connectivity index (χ0n) is 7.38. The summed E-state index contributed by atoms with van der Waals surface area (Å²) < 4.78 is 37.4. The maximum Gasteiger partial charge on any atom is 0.266 e. The second kappa shape index (κ2) is 4.43. The molecule has 1 rings (SSSR count). The van der Waals surface area contributed by atoms with Crippen LogP contribution in [0, 0.1) is 5.82 Å². The Balaban J connectivity index is 3.06. The summed E-state index contributed by atoms with van der Waals surface area (Å²) >= 11 is 0. The van der Waals surface area contributed by atoms with Gasteiger partial charge < -0.3 is 11.5 Å². The molecule has 0 heterocycles. The third-order valence-electron chi connectivity index (χ3n) is 1.94. The molecule has 0 aliphatic carbocycles. The quantitative estimate of drug-likeness (QED) is 0.787. The van der Waals surface area contributed by atoms with Gasteiger partial charge in [-0.15, -0.1) is 0 Å². The number of rotatable bonds is 3. The Labute approximate surface area is 79.7 Å². The van der Waals surface area contributed by atoms with Gasteiger partial charge in [-0.3, -0.25) is 0 Å². The second-order valence-corrected chi connectivity index (χ2v) is 2.92. The average Bonchev–Trinajstić information content (AvgIpc) is 2.17. The van der Waals surface area contributed by atoms with Crippen LogP contribution in [0.4, 0.5) is 13.2 Å². The first-order valence-electron chi connectivity index (χ1n) is 4.09. The van der Waals surface area contributed by atoms with Crippen molar-refractivity contribution in [3.05, 3.63) is 35.1 Å². The van der Waals surface area contributed by atoms with Gasteiger partial charge in [0, 0.05) is 12.6 Å². The maximum absolute atomic E-state index is 12.8. The van der Waals surface area contributed by atoms with Crippen LogP contribution in [-0.2, 0) is 0 Å². The normalized spacial score (nSPS) is 13.3. The van der Waals surface area contributed by atoms with Gasteiger partial charge >= 0.3 is 0 Å². The van der Waals surface area contributed by atoms with E-state index in [-0.39, 0.29) is 6.54 Å². The topological polar surface area (TPSA) is 52.0 Å². The summed E-state index contributed by atoms with van der Waals surface area (Å²) in [5.74, 6) is -0.923. The van der Waals surface area contributed by atoms with E-state index in [4.69, 9.17) is 11.5 Å². The third kappa shape index (κ3) is 2.24. The number of benzene rings is 1. The minimum atomic E-state index is -2.83. The van der Waals surface area contributed by atoms with Gasteiger partial charge in [-0.1, -0.05) is 6.07 Å². The summed E-state index contributed by atoms with van der Waals surface area (Å²) in [5, 5.41) is 0. The number of nitrogens with two attached hydrogens (primary N) is 2. The third-order valence-corrected chi connectivity index (χ3v) is 1.94. The molecule has 14 heavy (non-hydrogen) atoms. The summed E-state index contributed by atoms with van der Waals surface area (Å²) in [6.07, 6.45) is -2.83. The predicted octanol–water partition coefficient (Wildman–Crippen LogP) is 1.72. The van der Waals surface area contributed by atoms with Crippen LogP contribution >= 0.6 is 0 Å². The van der Waals surface area contributed by atoms with Crippen LogP contribution in [0.15, 0.2) is 18.2 Å². The van der Waals surface area contributed by atoms with Gasteiger partial charge in [0.25, 0.3) is 6.43 Å². The van der Waals surface area contributed by atoms with E-state index in [1.54, 1.807) is 0 Å². The molecule has 0 spiro atoms. The highest BCUT2D eigenvalue weighted by molar-refractivity contribution is 5.28. The summed E-state index contributed by atoms with van der Waals surface area (Å²) in [6.45, 7) is 0.133. The smallest absolute Gasteiger partial charge is 0.266 e. The molecule has 1 aromatic rings. The Morgan fingerprint density at radius 1 is 1.29 bits per heavy atom. The van der Waals surface area contributed by atoms with E-state index in [1.807, 2.05) is 0 Å². The SMILES string of the molecule is NC[C@H](N)c1ccc(F)c(C(F)F)c1. The Kier molecular flexibility index (Phi) is 3.49. The molecule has 0 aromatic heterocycles. The van der Waals surface area contributed by atoms with E-state index < -0.39 is 23.8 Å². The largest absolute Gasteiger partial charge is 0.329 e. The van der Waals surface area contributed by atoms with Crippen molar-refractivity contribution < 1.29 is 13.2 Å². The lowest BCUT2D eigenvalue weighted by atomic mass is 10.0. The highest BCUT2D eigenvalue weighted by Crippen LogP contribution is 2.24. The predicted molar refractivity (Wildman–Crippen MR) is 47.3 cm³/mol. The fraction of sp³-hybridized carbons (Fsp3) is 0.333. The van der Waals surface area contributed by atoms with Gasteiger partial charge in [0.1, 0.15) is 5.82 Å². The number of hydrogen-bond acceptors (Lipinski definition) is 2. The van der Waals surface area contributed by atoms with Crippen LogP contribution in [-0.4, -0.2) is 6.54 Å². The van der Waals surface area contributed by atoms with Crippen molar-refractivity contribution in [2.75, 3.05) is 6.54 Å². The fourth-order valence-corrected chi connectivity index (χ4v) is 1.10. The molecule has 0 aliphatic rings. The second-order valence-electron chi connectivity index (χ2n) is 2.92. The highest BCUT2D eigenvalue weighted by Gasteiger charge is 2.15. The van der Waals surface area contributed by atoms with Gasteiger partial charge in [0.2, 0.25) is 0 Å². The van der Waals surface area contributed by atoms with Crippen molar-refractivity contribution >= 4 is 0 Å². The maximum atomic E-state index is 12.8. The molecule has 4 N–H and O–H groups in total. The van der Waals surface area contributed by atoms with Crippen LogP contribution in [0.2, 0.25) is 0 Å². The molecule has 0 fully saturated rings. The van der Waals surface area contributed by atoms with Gasteiger partial charge in [-0.2, -0.15) is 0 Å². The zero-order chi connectivity index (χ0) is 10.7. The standard InChI is InChI=1S/C9H11F3N2/c10-7-2-1-5(8(14)4-13)3-6(7)9(11)12/h1-3,8-9H,4,13-14H2/t8-/m0/s1. The minimum Gasteiger partial charge on any atom is -0.329 e. The molecular weight excluding hydrogens is 193 g/mol. The molecule has 1 atom stereocenters. The average molecular weight is 204 g/mol. The first kappa shape index (κ1) is 11.0. The molecule has 78 valence electrons. The van der Waals surface area contributed by atoms with E-state index >= 15 is 0 Å². The van der Waals surface area contributed by atoms with E-state index in [1.165, 1.54) is 6.07 Å². The zero-order valence-corrected chi connectivity index (χ0v) is 7.38. The lowest BCUT2D eigenvalue weighted by Gasteiger charge is -2.11. The van der Waals surface area contributed by atoms with Crippen molar-refractivity contribution in [3.8, 4) is 0 Å². The van der Waals surface area contributed by atoms with Crippen molar-refractivity contribution in [1.82, 2.24) is 0 Å². The highest BCUT2D eigenvalue weighted by atomic mass is 19.3. The molecule has 0 unspecified atom stereocenters. The van der Waals surface area contributed by atoms with Crippen LogP contribution in [0.25, 0.3) is 0 Å². The van der Waals surface area contributed by atoms with E-state index in [2.05, 4.69) is 0 Å². The Bertz CT molecular complexity index is 315. The molecule has 0 amide bonds. The number of hydrogen-bond donors (Lipinski definition) is 2. The first-order chi connectivity index (χ1) is 6.56. The van der Waals surface area contributed by atoms with Gasteiger partial charge in [0.05, 0.1) is 5.56 Å². The minimum absolute atomic E-state index is 0.133. The fourth-order valence-electron chi connectivity index (χ4n) is 1.10. The lowest BCUT2D eigenvalue weighted by molar-refractivity contribution is 0.146. The van der Waals surface area contributed by atoms with Gasteiger partial charge in [0.15, 0.2) is 0 Å². The van der Waals surface area contributed by atoms with Crippen molar-refractivity contribution in [1.29, 1.82) is 0 Å². The van der Waals surface area contributed by atoms with Gasteiger partial charge in [-0.05, 0) is 17.7 Å². The summed E-state index contributed by atoms with van der Waals surface area (Å²) in [7, 11) is 0. The molecular formula is C9H11F3N2. The molecule has 1 aromatic carbocycles. The molecule has 0 saturated carbocycles. The first-order valence-corrected chi connectivity index (χ1v) is 4.09. The molecule has 5 heteroatoms. The van der Waals surface area contributed by atoms with E-state index in [0.29, 0.717) is 5.56 Å². The van der Waals surface area contributed by atoms with Gasteiger partial charge in [-0.25, -0.2) is 13.2 Å². The summed E-state index contributed by atoms with van der Waals surface area (Å²) in [4.78, 5) is 0. The summed E-state index contributed by atoms with van der Waals surface area (Å²) in [6, 6.07) is 2.86.